The second-order valence-electron chi connectivity index (χ2n) is 4.48. The summed E-state index contributed by atoms with van der Waals surface area (Å²) in [6.45, 7) is 1.87. The second kappa shape index (κ2) is 6.19. The van der Waals surface area contributed by atoms with Gasteiger partial charge in [0.05, 0.1) is 13.2 Å². The summed E-state index contributed by atoms with van der Waals surface area (Å²) in [5, 5.41) is 2.83. The molecule has 1 unspecified atom stereocenters. The number of methoxy groups -OCH3 is 1. The van der Waals surface area contributed by atoms with Crippen LogP contribution in [0.1, 0.15) is 28.9 Å². The van der Waals surface area contributed by atoms with Crippen LogP contribution in [0.3, 0.4) is 0 Å². The van der Waals surface area contributed by atoms with Gasteiger partial charge < -0.3 is 10.1 Å². The highest BCUT2D eigenvalue weighted by Gasteiger charge is 2.11. The van der Waals surface area contributed by atoms with Crippen LogP contribution in [0.4, 0.5) is 4.39 Å². The first-order valence-electron chi connectivity index (χ1n) is 6.30. The summed E-state index contributed by atoms with van der Waals surface area (Å²) in [4.78, 5) is 12.0. The van der Waals surface area contributed by atoms with Crippen LogP contribution in [0, 0.1) is 5.82 Å². The van der Waals surface area contributed by atoms with Gasteiger partial charge in [0, 0.05) is 5.56 Å². The lowest BCUT2D eigenvalue weighted by Gasteiger charge is -2.14. The largest absolute Gasteiger partial charge is 0.497 e. The van der Waals surface area contributed by atoms with E-state index in [0.29, 0.717) is 5.56 Å². The summed E-state index contributed by atoms with van der Waals surface area (Å²) in [7, 11) is 1.60. The number of carbonyl (C=O) groups excluding carboxylic acids is 1. The van der Waals surface area contributed by atoms with E-state index in [9.17, 15) is 9.18 Å². The van der Waals surface area contributed by atoms with Crippen LogP contribution in [0.15, 0.2) is 48.5 Å². The Morgan fingerprint density at radius 2 is 1.90 bits per heavy atom. The number of halogens is 1. The lowest BCUT2D eigenvalue weighted by atomic mass is 10.1. The highest BCUT2D eigenvalue weighted by molar-refractivity contribution is 5.94. The summed E-state index contributed by atoms with van der Waals surface area (Å²) >= 11 is 0. The number of benzene rings is 2. The number of ether oxygens (including phenoxy) is 1. The van der Waals surface area contributed by atoms with Crippen molar-refractivity contribution in [1.29, 1.82) is 0 Å². The molecule has 0 aromatic heterocycles. The first kappa shape index (κ1) is 14.1. The molecule has 2 aromatic carbocycles. The first-order chi connectivity index (χ1) is 9.60. The number of hydrogen-bond acceptors (Lipinski definition) is 2. The smallest absolute Gasteiger partial charge is 0.251 e. The molecule has 0 bridgehead atoms. The van der Waals surface area contributed by atoms with Crippen molar-refractivity contribution in [2.24, 2.45) is 0 Å². The van der Waals surface area contributed by atoms with Crippen LogP contribution < -0.4 is 10.1 Å². The zero-order valence-electron chi connectivity index (χ0n) is 11.4. The molecule has 3 nitrogen and oxygen atoms in total. The van der Waals surface area contributed by atoms with E-state index in [4.69, 9.17) is 4.74 Å². The van der Waals surface area contributed by atoms with E-state index in [-0.39, 0.29) is 11.9 Å². The lowest BCUT2D eigenvalue weighted by molar-refractivity contribution is 0.0939. The highest BCUT2D eigenvalue weighted by atomic mass is 19.1. The third-order valence-corrected chi connectivity index (χ3v) is 3.05. The minimum Gasteiger partial charge on any atom is -0.497 e. The molecule has 2 rings (SSSR count). The van der Waals surface area contributed by atoms with Gasteiger partial charge >= 0.3 is 0 Å². The van der Waals surface area contributed by atoms with E-state index < -0.39 is 5.82 Å². The molecule has 2 aromatic rings. The Morgan fingerprint density at radius 3 is 2.50 bits per heavy atom. The molecule has 0 radical (unpaired) electrons. The molecule has 104 valence electrons. The Balaban J connectivity index is 2.06. The van der Waals surface area contributed by atoms with Crippen LogP contribution in [0.5, 0.6) is 5.75 Å². The molecule has 0 aliphatic carbocycles. The minimum absolute atomic E-state index is 0.170. The van der Waals surface area contributed by atoms with Gasteiger partial charge in [0.25, 0.3) is 5.91 Å². The number of amides is 1. The van der Waals surface area contributed by atoms with E-state index in [2.05, 4.69) is 5.32 Å². The molecule has 1 atom stereocenters. The molecular weight excluding hydrogens is 257 g/mol. The zero-order valence-corrected chi connectivity index (χ0v) is 11.4. The number of hydrogen-bond donors (Lipinski definition) is 1. The van der Waals surface area contributed by atoms with E-state index in [1.54, 1.807) is 13.2 Å². The Hall–Kier alpha value is -2.36. The highest BCUT2D eigenvalue weighted by Crippen LogP contribution is 2.17. The Morgan fingerprint density at radius 1 is 1.20 bits per heavy atom. The van der Waals surface area contributed by atoms with Crippen LogP contribution in [0.2, 0.25) is 0 Å². The summed E-state index contributed by atoms with van der Waals surface area (Å²) < 4.78 is 18.2. The van der Waals surface area contributed by atoms with Crippen molar-refractivity contribution in [3.05, 3.63) is 65.5 Å². The molecule has 0 aliphatic heterocycles. The maximum Gasteiger partial charge on any atom is 0.251 e. The summed E-state index contributed by atoms with van der Waals surface area (Å²) in [5.74, 6) is 0.0416. The average Bonchev–Trinajstić information content (AvgIpc) is 2.47. The van der Waals surface area contributed by atoms with Gasteiger partial charge in [-0.15, -0.1) is 0 Å². The molecule has 4 heteroatoms. The molecule has 0 heterocycles. The van der Waals surface area contributed by atoms with Crippen molar-refractivity contribution in [2.45, 2.75) is 13.0 Å². The van der Waals surface area contributed by atoms with Gasteiger partial charge in [-0.1, -0.05) is 18.2 Å². The van der Waals surface area contributed by atoms with Gasteiger partial charge in [-0.2, -0.15) is 0 Å². The zero-order chi connectivity index (χ0) is 14.5. The van der Waals surface area contributed by atoms with Crippen molar-refractivity contribution in [2.75, 3.05) is 7.11 Å². The standard InChI is InChI=1S/C16H16FNO2/c1-11(12-6-8-15(20-2)9-7-12)18-16(19)13-4-3-5-14(17)10-13/h3-11H,1-2H3,(H,18,19). The van der Waals surface area contributed by atoms with Gasteiger partial charge in [-0.25, -0.2) is 4.39 Å². The molecule has 0 saturated carbocycles. The van der Waals surface area contributed by atoms with E-state index in [0.717, 1.165) is 11.3 Å². The number of rotatable bonds is 4. The third kappa shape index (κ3) is 3.35. The summed E-state index contributed by atoms with van der Waals surface area (Å²) in [6, 6.07) is 12.9. The van der Waals surface area contributed by atoms with Crippen molar-refractivity contribution in [1.82, 2.24) is 5.32 Å². The monoisotopic (exact) mass is 273 g/mol. The Labute approximate surface area is 117 Å². The normalized spacial score (nSPS) is 11.8. The SMILES string of the molecule is COc1ccc(C(C)NC(=O)c2cccc(F)c2)cc1. The van der Waals surface area contributed by atoms with Crippen LogP contribution >= 0.6 is 0 Å². The number of carbonyl (C=O) groups is 1. The molecule has 0 spiro atoms. The molecule has 20 heavy (non-hydrogen) atoms. The quantitative estimate of drug-likeness (QED) is 0.928. The predicted molar refractivity (Wildman–Crippen MR) is 75.3 cm³/mol. The fourth-order valence-corrected chi connectivity index (χ4v) is 1.89. The van der Waals surface area contributed by atoms with E-state index in [1.807, 2.05) is 31.2 Å². The maximum atomic E-state index is 13.1. The third-order valence-electron chi connectivity index (χ3n) is 3.05. The summed E-state index contributed by atoms with van der Waals surface area (Å²) in [5.41, 5.74) is 1.26. The lowest BCUT2D eigenvalue weighted by Crippen LogP contribution is -2.26. The van der Waals surface area contributed by atoms with Crippen molar-refractivity contribution < 1.29 is 13.9 Å². The van der Waals surface area contributed by atoms with Gasteiger partial charge in [0.1, 0.15) is 11.6 Å². The van der Waals surface area contributed by atoms with Gasteiger partial charge in [0.2, 0.25) is 0 Å². The van der Waals surface area contributed by atoms with Gasteiger partial charge in [-0.05, 0) is 42.8 Å². The Bertz CT molecular complexity index is 596. The van der Waals surface area contributed by atoms with E-state index >= 15 is 0 Å². The Kier molecular flexibility index (Phi) is 4.35. The fraction of sp³-hybridized carbons (Fsp3) is 0.188. The van der Waals surface area contributed by atoms with E-state index in [1.165, 1.54) is 18.2 Å². The molecule has 0 saturated heterocycles. The molecule has 1 N–H and O–H groups in total. The van der Waals surface area contributed by atoms with Crippen molar-refractivity contribution >= 4 is 5.91 Å². The summed E-state index contributed by atoms with van der Waals surface area (Å²) in [6.07, 6.45) is 0. The second-order valence-corrected chi connectivity index (χ2v) is 4.48. The van der Waals surface area contributed by atoms with Crippen molar-refractivity contribution in [3.63, 3.8) is 0 Å². The van der Waals surface area contributed by atoms with Crippen LogP contribution in [0.25, 0.3) is 0 Å². The van der Waals surface area contributed by atoms with Crippen molar-refractivity contribution in [3.8, 4) is 5.75 Å². The molecule has 0 aliphatic rings. The molecular formula is C16H16FNO2. The average molecular weight is 273 g/mol. The minimum atomic E-state index is -0.422. The molecule has 1 amide bonds. The fourth-order valence-electron chi connectivity index (χ4n) is 1.89. The van der Waals surface area contributed by atoms with Gasteiger partial charge in [0.15, 0.2) is 0 Å². The van der Waals surface area contributed by atoms with Crippen LogP contribution in [-0.4, -0.2) is 13.0 Å². The van der Waals surface area contributed by atoms with Gasteiger partial charge in [-0.3, -0.25) is 4.79 Å². The number of nitrogens with one attached hydrogen (secondary N) is 1. The first-order valence-corrected chi connectivity index (χ1v) is 6.30. The maximum absolute atomic E-state index is 13.1. The van der Waals surface area contributed by atoms with Crippen LogP contribution in [-0.2, 0) is 0 Å². The topological polar surface area (TPSA) is 38.3 Å². The molecule has 0 fully saturated rings. The predicted octanol–water partition coefficient (Wildman–Crippen LogP) is 3.33.